The Hall–Kier alpha value is -2.23. The van der Waals surface area contributed by atoms with E-state index in [2.05, 4.69) is 10.5 Å². The average Bonchev–Trinajstić information content (AvgIpc) is 2.94. The molecule has 0 radical (unpaired) electrons. The quantitative estimate of drug-likeness (QED) is 0.475. The summed E-state index contributed by atoms with van der Waals surface area (Å²) in [7, 11) is 1.19. The Balaban J connectivity index is 2.18. The lowest BCUT2D eigenvalue weighted by atomic mass is 10.1. The number of aromatic nitrogens is 1. The van der Waals surface area contributed by atoms with Crippen LogP contribution in [-0.4, -0.2) is 18.2 Å². The molecule has 1 N–H and O–H groups in total. The molecule has 1 heterocycles. The molecule has 2 aromatic carbocycles. The highest BCUT2D eigenvalue weighted by molar-refractivity contribution is 14.1. The first-order valence-electron chi connectivity index (χ1n) is 6.81. The number of nitrogens with one attached hydrogen (secondary N) is 1. The molecule has 0 aliphatic rings. The van der Waals surface area contributed by atoms with Crippen molar-refractivity contribution in [3.8, 4) is 0 Å². The molecule has 124 valence electrons. The SMILES string of the molecule is COC(=O)c1cc2c(C)noc2c(F)c1Nc1ccc(I)c(F)c1. The van der Waals surface area contributed by atoms with Crippen LogP contribution in [0.1, 0.15) is 16.1 Å². The zero-order valence-electron chi connectivity index (χ0n) is 12.6. The first-order chi connectivity index (χ1) is 11.4. The summed E-state index contributed by atoms with van der Waals surface area (Å²) in [5.41, 5.74) is 0.445. The van der Waals surface area contributed by atoms with Crippen molar-refractivity contribution in [3.05, 3.63) is 50.7 Å². The topological polar surface area (TPSA) is 64.4 Å². The lowest BCUT2D eigenvalue weighted by molar-refractivity contribution is 0.0601. The number of nitrogens with zero attached hydrogens (tertiary/aromatic N) is 1. The van der Waals surface area contributed by atoms with Gasteiger partial charge in [0.05, 0.1) is 24.1 Å². The second kappa shape index (κ2) is 6.34. The number of carbonyl (C=O) groups is 1. The van der Waals surface area contributed by atoms with E-state index in [4.69, 9.17) is 9.26 Å². The molecule has 0 bridgehead atoms. The van der Waals surface area contributed by atoms with Gasteiger partial charge in [0.2, 0.25) is 5.58 Å². The van der Waals surface area contributed by atoms with Crippen molar-refractivity contribution in [3.63, 3.8) is 0 Å². The second-order valence-corrected chi connectivity index (χ2v) is 6.17. The third kappa shape index (κ3) is 2.81. The summed E-state index contributed by atoms with van der Waals surface area (Å²) in [6, 6.07) is 5.74. The van der Waals surface area contributed by atoms with Gasteiger partial charge in [-0.25, -0.2) is 13.6 Å². The van der Waals surface area contributed by atoms with Crippen molar-refractivity contribution in [2.24, 2.45) is 0 Å². The Morgan fingerprint density at radius 1 is 1.33 bits per heavy atom. The van der Waals surface area contributed by atoms with Crippen LogP contribution < -0.4 is 5.32 Å². The number of anilines is 2. The molecule has 0 saturated heterocycles. The number of esters is 1. The van der Waals surface area contributed by atoms with Gasteiger partial charge >= 0.3 is 5.97 Å². The van der Waals surface area contributed by atoms with Crippen LogP contribution in [0.5, 0.6) is 0 Å². The first-order valence-corrected chi connectivity index (χ1v) is 7.89. The summed E-state index contributed by atoms with van der Waals surface area (Å²) < 4.78 is 38.6. The summed E-state index contributed by atoms with van der Waals surface area (Å²) >= 11 is 1.84. The van der Waals surface area contributed by atoms with Gasteiger partial charge in [0.1, 0.15) is 5.82 Å². The molecule has 0 saturated carbocycles. The van der Waals surface area contributed by atoms with E-state index in [1.807, 2.05) is 22.6 Å². The number of hydrogen-bond donors (Lipinski definition) is 1. The highest BCUT2D eigenvalue weighted by atomic mass is 127. The molecule has 24 heavy (non-hydrogen) atoms. The normalized spacial score (nSPS) is 10.9. The van der Waals surface area contributed by atoms with Crippen LogP contribution in [0, 0.1) is 22.1 Å². The fourth-order valence-corrected chi connectivity index (χ4v) is 2.60. The Kier molecular flexibility index (Phi) is 4.39. The van der Waals surface area contributed by atoms with E-state index < -0.39 is 17.6 Å². The minimum Gasteiger partial charge on any atom is -0.465 e. The van der Waals surface area contributed by atoms with Crippen LogP contribution in [0.3, 0.4) is 0 Å². The minimum absolute atomic E-state index is 0.0345. The van der Waals surface area contributed by atoms with Gasteiger partial charge < -0.3 is 14.6 Å². The Labute approximate surface area is 149 Å². The number of carbonyl (C=O) groups excluding carboxylic acids is 1. The van der Waals surface area contributed by atoms with Crippen molar-refractivity contribution < 1.29 is 22.8 Å². The lowest BCUT2D eigenvalue weighted by Crippen LogP contribution is -2.08. The predicted molar refractivity (Wildman–Crippen MR) is 92.4 cm³/mol. The first kappa shape index (κ1) is 16.6. The van der Waals surface area contributed by atoms with Crippen molar-refractivity contribution in [1.29, 1.82) is 0 Å². The molecule has 0 fully saturated rings. The maximum atomic E-state index is 14.8. The molecule has 0 aliphatic carbocycles. The van der Waals surface area contributed by atoms with Gasteiger partial charge in [-0.3, -0.25) is 0 Å². The van der Waals surface area contributed by atoms with Gasteiger partial charge in [-0.15, -0.1) is 0 Å². The zero-order chi connectivity index (χ0) is 17.4. The van der Waals surface area contributed by atoms with Crippen LogP contribution >= 0.6 is 22.6 Å². The van der Waals surface area contributed by atoms with Crippen LogP contribution in [0.25, 0.3) is 11.0 Å². The number of benzene rings is 2. The molecular formula is C16H11F2IN2O3. The molecule has 3 rings (SSSR count). The summed E-state index contributed by atoms with van der Waals surface area (Å²) in [6.07, 6.45) is 0. The third-order valence-corrected chi connectivity index (χ3v) is 4.35. The highest BCUT2D eigenvalue weighted by Crippen LogP contribution is 2.33. The van der Waals surface area contributed by atoms with Crippen molar-refractivity contribution in [2.75, 3.05) is 12.4 Å². The molecule has 0 atom stereocenters. The number of methoxy groups -OCH3 is 1. The Morgan fingerprint density at radius 3 is 2.75 bits per heavy atom. The molecular weight excluding hydrogens is 433 g/mol. The fraction of sp³-hybridized carbons (Fsp3) is 0.125. The number of halogens is 3. The van der Waals surface area contributed by atoms with Crippen molar-refractivity contribution >= 4 is 50.9 Å². The number of rotatable bonds is 3. The van der Waals surface area contributed by atoms with Gasteiger partial charge in [0, 0.05) is 14.6 Å². The number of aryl methyl sites for hydroxylation is 1. The average molecular weight is 444 g/mol. The monoisotopic (exact) mass is 444 g/mol. The molecule has 5 nitrogen and oxygen atoms in total. The molecule has 0 aliphatic heterocycles. The zero-order valence-corrected chi connectivity index (χ0v) is 14.8. The fourth-order valence-electron chi connectivity index (χ4n) is 2.26. The number of fused-ring (bicyclic) bond motifs is 1. The van der Waals surface area contributed by atoms with Crippen molar-refractivity contribution in [2.45, 2.75) is 6.92 Å². The third-order valence-electron chi connectivity index (χ3n) is 3.48. The summed E-state index contributed by atoms with van der Waals surface area (Å²) in [4.78, 5) is 12.0. The number of hydrogen-bond acceptors (Lipinski definition) is 5. The smallest absolute Gasteiger partial charge is 0.340 e. The van der Waals surface area contributed by atoms with Crippen LogP contribution in [0.15, 0.2) is 28.8 Å². The van der Waals surface area contributed by atoms with Crippen molar-refractivity contribution in [1.82, 2.24) is 5.16 Å². The molecule has 3 aromatic rings. The Morgan fingerprint density at radius 2 is 2.08 bits per heavy atom. The van der Waals surface area contributed by atoms with E-state index in [0.29, 0.717) is 14.7 Å². The van der Waals surface area contributed by atoms with Crippen LogP contribution in [0.2, 0.25) is 0 Å². The van der Waals surface area contributed by atoms with Gasteiger partial charge in [-0.2, -0.15) is 0 Å². The lowest BCUT2D eigenvalue weighted by Gasteiger charge is -2.12. The standard InChI is InChI=1S/C16H11F2IN2O3/c1-7-9-6-10(16(22)23-2)14(13(18)15(9)24-21-7)20-8-3-4-12(19)11(17)5-8/h3-6,20H,1-2H3. The van der Waals surface area contributed by atoms with E-state index in [1.165, 1.54) is 25.3 Å². The van der Waals surface area contributed by atoms with E-state index in [-0.39, 0.29) is 22.5 Å². The number of ether oxygens (including phenoxy) is 1. The molecule has 0 unspecified atom stereocenters. The summed E-state index contributed by atoms with van der Waals surface area (Å²) in [6.45, 7) is 1.63. The maximum absolute atomic E-state index is 14.8. The summed E-state index contributed by atoms with van der Waals surface area (Å²) in [5, 5.41) is 6.79. The van der Waals surface area contributed by atoms with E-state index in [1.54, 1.807) is 13.0 Å². The minimum atomic E-state index is -0.799. The molecule has 0 spiro atoms. The largest absolute Gasteiger partial charge is 0.465 e. The van der Waals surface area contributed by atoms with E-state index in [0.717, 1.165) is 0 Å². The summed E-state index contributed by atoms with van der Waals surface area (Å²) in [5.74, 6) is -1.99. The Bertz CT molecular complexity index is 956. The molecule has 0 amide bonds. The van der Waals surface area contributed by atoms with Gasteiger partial charge in [0.25, 0.3) is 0 Å². The van der Waals surface area contributed by atoms with Crippen LogP contribution in [-0.2, 0) is 4.74 Å². The van der Waals surface area contributed by atoms with Gasteiger partial charge in [-0.05, 0) is 53.8 Å². The highest BCUT2D eigenvalue weighted by Gasteiger charge is 2.23. The van der Waals surface area contributed by atoms with Gasteiger partial charge in [0.15, 0.2) is 5.82 Å². The predicted octanol–water partition coefficient (Wildman–Crippen LogP) is 4.55. The maximum Gasteiger partial charge on any atom is 0.340 e. The molecule has 8 heteroatoms. The second-order valence-electron chi connectivity index (χ2n) is 5.00. The van der Waals surface area contributed by atoms with E-state index in [9.17, 15) is 13.6 Å². The van der Waals surface area contributed by atoms with Crippen LogP contribution in [0.4, 0.5) is 20.2 Å². The van der Waals surface area contributed by atoms with Gasteiger partial charge in [-0.1, -0.05) is 5.16 Å². The molecule has 1 aromatic heterocycles. The van der Waals surface area contributed by atoms with E-state index >= 15 is 0 Å².